The molecular formula is C25H34O5Si. The Morgan fingerprint density at radius 1 is 0.903 bits per heavy atom. The van der Waals surface area contributed by atoms with E-state index in [1.807, 2.05) is 26.0 Å². The van der Waals surface area contributed by atoms with Gasteiger partial charge in [0, 0.05) is 0 Å². The lowest BCUT2D eigenvalue weighted by atomic mass is 9.95. The van der Waals surface area contributed by atoms with Gasteiger partial charge in [0.05, 0.1) is 6.61 Å². The fourth-order valence-electron chi connectivity index (χ4n) is 4.88. The Morgan fingerprint density at radius 3 is 1.87 bits per heavy atom. The van der Waals surface area contributed by atoms with Crippen molar-refractivity contribution in [1.29, 1.82) is 0 Å². The van der Waals surface area contributed by atoms with Gasteiger partial charge in [-0.3, -0.25) is 0 Å². The summed E-state index contributed by atoms with van der Waals surface area (Å²) in [6.45, 7) is 12.4. The number of fused-ring (bicyclic) bond motifs is 1. The van der Waals surface area contributed by atoms with Gasteiger partial charge in [-0.05, 0) is 36.2 Å². The van der Waals surface area contributed by atoms with E-state index in [1.165, 1.54) is 10.4 Å². The highest BCUT2D eigenvalue weighted by Crippen LogP contribution is 2.44. The van der Waals surface area contributed by atoms with E-state index in [0.29, 0.717) is 0 Å². The van der Waals surface area contributed by atoms with Crippen LogP contribution in [0.1, 0.15) is 41.5 Å². The lowest BCUT2D eigenvalue weighted by Crippen LogP contribution is -2.67. The number of aliphatic hydroxyl groups is 1. The zero-order valence-electron chi connectivity index (χ0n) is 19.3. The van der Waals surface area contributed by atoms with E-state index in [2.05, 4.69) is 69.3 Å². The van der Waals surface area contributed by atoms with E-state index < -0.39 is 38.2 Å². The first kappa shape index (κ1) is 22.6. The molecule has 2 aromatic rings. The number of hydrogen-bond acceptors (Lipinski definition) is 5. The predicted molar refractivity (Wildman–Crippen MR) is 123 cm³/mol. The van der Waals surface area contributed by atoms with Crippen molar-refractivity contribution in [3.8, 4) is 0 Å². The summed E-state index contributed by atoms with van der Waals surface area (Å²) in [6.07, 6.45) is -1.70. The third-order valence-corrected chi connectivity index (χ3v) is 11.5. The van der Waals surface area contributed by atoms with Crippen LogP contribution in [-0.2, 0) is 18.6 Å². The first-order valence-corrected chi connectivity index (χ1v) is 12.9. The fraction of sp³-hybridized carbons (Fsp3) is 0.520. The molecular weight excluding hydrogens is 408 g/mol. The van der Waals surface area contributed by atoms with E-state index in [0.717, 1.165) is 0 Å². The first-order chi connectivity index (χ1) is 14.5. The molecule has 0 saturated carbocycles. The molecule has 0 spiro atoms. The molecule has 0 amide bonds. The summed E-state index contributed by atoms with van der Waals surface area (Å²) in [7, 11) is -2.72. The summed E-state index contributed by atoms with van der Waals surface area (Å²) in [5.41, 5.74) is -1.22. The molecule has 2 aliphatic rings. The van der Waals surface area contributed by atoms with Crippen molar-refractivity contribution in [2.24, 2.45) is 0 Å². The minimum Gasteiger partial charge on any atom is -0.405 e. The smallest absolute Gasteiger partial charge is 0.261 e. The number of ether oxygens (including phenoxy) is 3. The highest BCUT2D eigenvalue weighted by molar-refractivity contribution is 6.99. The van der Waals surface area contributed by atoms with E-state index in [4.69, 9.17) is 18.6 Å². The number of benzene rings is 2. The van der Waals surface area contributed by atoms with Crippen molar-refractivity contribution in [1.82, 2.24) is 0 Å². The maximum Gasteiger partial charge on any atom is 0.261 e. The van der Waals surface area contributed by atoms with E-state index in [9.17, 15) is 5.11 Å². The average Bonchev–Trinajstić information content (AvgIpc) is 3.13. The van der Waals surface area contributed by atoms with Crippen LogP contribution < -0.4 is 10.4 Å². The number of rotatable bonds is 5. The maximum absolute atomic E-state index is 11.3. The molecule has 31 heavy (non-hydrogen) atoms. The molecule has 0 aromatic heterocycles. The Kier molecular flexibility index (Phi) is 5.69. The van der Waals surface area contributed by atoms with Crippen LogP contribution in [0.15, 0.2) is 60.7 Å². The molecule has 0 aliphatic carbocycles. The molecule has 1 N–H and O–H groups in total. The van der Waals surface area contributed by atoms with Crippen LogP contribution in [0.25, 0.3) is 0 Å². The van der Waals surface area contributed by atoms with Crippen molar-refractivity contribution in [3.05, 3.63) is 60.7 Å². The second-order valence-electron chi connectivity index (χ2n) is 10.2. The molecule has 2 fully saturated rings. The predicted octanol–water partition coefficient (Wildman–Crippen LogP) is 3.19. The minimum absolute atomic E-state index is 0.148. The summed E-state index contributed by atoms with van der Waals surface area (Å²) in [5, 5.41) is 13.5. The standard InChI is InChI=1S/C25H34O5Si/c1-23(2,3)31(18-13-9-7-10-14-18,19-15-11-8-12-16-19)27-17-20-25(6,26)21-22(28-20)30-24(4,5)29-21/h7-16,20-22,26H,17H2,1-6H3/t20-,21+,22-,25-/m1/s1. The van der Waals surface area contributed by atoms with Crippen molar-refractivity contribution in [2.75, 3.05) is 6.61 Å². The quantitative estimate of drug-likeness (QED) is 0.721. The molecule has 4 atom stereocenters. The van der Waals surface area contributed by atoms with Gasteiger partial charge in [-0.15, -0.1) is 0 Å². The van der Waals surface area contributed by atoms with Crippen molar-refractivity contribution in [2.45, 2.75) is 76.5 Å². The van der Waals surface area contributed by atoms with Gasteiger partial charge < -0.3 is 23.7 Å². The van der Waals surface area contributed by atoms with Gasteiger partial charge in [0.25, 0.3) is 8.32 Å². The SMILES string of the molecule is CC1(C)O[C@H]2O[C@H](CO[Si](c3ccccc3)(c3ccccc3)C(C)(C)C)[C@@](C)(O)[C@H]2O1. The summed E-state index contributed by atoms with van der Waals surface area (Å²) >= 11 is 0. The molecule has 4 rings (SSSR count). The van der Waals surface area contributed by atoms with Crippen LogP contribution >= 0.6 is 0 Å². The Bertz CT molecular complexity index is 852. The van der Waals surface area contributed by atoms with Crippen molar-refractivity contribution >= 4 is 18.7 Å². The van der Waals surface area contributed by atoms with Gasteiger partial charge in [-0.25, -0.2) is 0 Å². The van der Waals surface area contributed by atoms with Crippen LogP contribution in [-0.4, -0.2) is 49.9 Å². The molecule has 2 heterocycles. The van der Waals surface area contributed by atoms with Crippen LogP contribution in [0.3, 0.4) is 0 Å². The molecule has 6 heteroatoms. The summed E-state index contributed by atoms with van der Waals surface area (Å²) < 4.78 is 24.9. The summed E-state index contributed by atoms with van der Waals surface area (Å²) in [4.78, 5) is 0. The Morgan fingerprint density at radius 2 is 1.42 bits per heavy atom. The molecule has 2 aromatic carbocycles. The molecule has 168 valence electrons. The van der Waals surface area contributed by atoms with Crippen LogP contribution in [0.4, 0.5) is 0 Å². The average molecular weight is 443 g/mol. The fourth-order valence-corrected chi connectivity index (χ4v) is 9.43. The Labute approximate surface area is 186 Å². The van der Waals surface area contributed by atoms with Crippen molar-refractivity contribution < 1.29 is 23.7 Å². The third-order valence-electron chi connectivity index (χ3n) is 6.45. The summed E-state index contributed by atoms with van der Waals surface area (Å²) in [6, 6.07) is 20.9. The van der Waals surface area contributed by atoms with Gasteiger partial charge in [-0.1, -0.05) is 81.4 Å². The third kappa shape index (κ3) is 3.90. The Hall–Kier alpha value is -1.54. The molecule has 2 aliphatic heterocycles. The normalized spacial score (nSPS) is 30.4. The van der Waals surface area contributed by atoms with Gasteiger partial charge >= 0.3 is 0 Å². The zero-order valence-corrected chi connectivity index (χ0v) is 20.3. The lowest BCUT2D eigenvalue weighted by Gasteiger charge is -2.44. The molecule has 0 bridgehead atoms. The maximum atomic E-state index is 11.3. The minimum atomic E-state index is -2.72. The number of hydrogen-bond donors (Lipinski definition) is 1. The second kappa shape index (κ2) is 7.80. The van der Waals surface area contributed by atoms with Crippen LogP contribution in [0, 0.1) is 0 Å². The van der Waals surface area contributed by atoms with E-state index in [-0.39, 0.29) is 11.6 Å². The molecule has 0 radical (unpaired) electrons. The van der Waals surface area contributed by atoms with Crippen LogP contribution in [0.2, 0.25) is 5.04 Å². The summed E-state index contributed by atoms with van der Waals surface area (Å²) in [5.74, 6) is -0.775. The van der Waals surface area contributed by atoms with E-state index >= 15 is 0 Å². The van der Waals surface area contributed by atoms with Gasteiger partial charge in [0.15, 0.2) is 12.1 Å². The first-order valence-electron chi connectivity index (χ1n) is 11.0. The molecule has 2 saturated heterocycles. The molecule has 0 unspecified atom stereocenters. The van der Waals surface area contributed by atoms with Gasteiger partial charge in [0.1, 0.15) is 17.8 Å². The zero-order chi connectivity index (χ0) is 22.5. The van der Waals surface area contributed by atoms with Gasteiger partial charge in [0.2, 0.25) is 0 Å². The van der Waals surface area contributed by atoms with E-state index in [1.54, 1.807) is 6.92 Å². The molecule has 5 nitrogen and oxygen atoms in total. The lowest BCUT2D eigenvalue weighted by molar-refractivity contribution is -0.230. The highest BCUT2D eigenvalue weighted by atomic mass is 28.4. The second-order valence-corrected chi connectivity index (χ2v) is 14.6. The highest BCUT2D eigenvalue weighted by Gasteiger charge is 2.61. The monoisotopic (exact) mass is 442 g/mol. The Balaban J connectivity index is 1.69. The topological polar surface area (TPSA) is 57.2 Å². The van der Waals surface area contributed by atoms with Crippen LogP contribution in [0.5, 0.6) is 0 Å². The largest absolute Gasteiger partial charge is 0.405 e. The van der Waals surface area contributed by atoms with Crippen molar-refractivity contribution in [3.63, 3.8) is 0 Å². The van der Waals surface area contributed by atoms with Gasteiger partial charge in [-0.2, -0.15) is 0 Å².